The molecule has 2 N–H and O–H groups in total. The predicted octanol–water partition coefficient (Wildman–Crippen LogP) is 3.50. The maximum Gasteiger partial charge on any atom is 0.180 e. The third kappa shape index (κ3) is 5.32. The van der Waals surface area contributed by atoms with E-state index in [9.17, 15) is 0 Å². The molecule has 1 aliphatic rings. The third-order valence-electron chi connectivity index (χ3n) is 6.58. The smallest absolute Gasteiger partial charge is 0.180 e. The topological polar surface area (TPSA) is 74.4 Å². The molecule has 1 aliphatic heterocycles. The molecule has 0 atom stereocenters. The van der Waals surface area contributed by atoms with Gasteiger partial charge in [-0.2, -0.15) is 0 Å². The van der Waals surface area contributed by atoms with Crippen LogP contribution in [0.5, 0.6) is 0 Å². The number of nitrogens with zero attached hydrogens (tertiary/aromatic N) is 6. The van der Waals surface area contributed by atoms with Gasteiger partial charge >= 0.3 is 0 Å². The molecule has 0 radical (unpaired) electrons. The van der Waals surface area contributed by atoms with Crippen molar-refractivity contribution in [2.75, 3.05) is 58.3 Å². The van der Waals surface area contributed by atoms with Gasteiger partial charge in [0.1, 0.15) is 11.3 Å². The van der Waals surface area contributed by atoms with Crippen molar-refractivity contribution in [3.05, 3.63) is 72.3 Å². The summed E-state index contributed by atoms with van der Waals surface area (Å²) < 4.78 is 0. The fraction of sp³-hybridized carbons (Fsp3) is 0.321. The van der Waals surface area contributed by atoms with Gasteiger partial charge in [-0.3, -0.25) is 4.90 Å². The van der Waals surface area contributed by atoms with Crippen molar-refractivity contribution in [2.24, 2.45) is 5.73 Å². The van der Waals surface area contributed by atoms with Gasteiger partial charge in [-0.1, -0.05) is 54.6 Å². The summed E-state index contributed by atoms with van der Waals surface area (Å²) in [5.41, 5.74) is 12.1. The lowest BCUT2D eigenvalue weighted by Crippen LogP contribution is -2.48. The highest BCUT2D eigenvalue weighted by Gasteiger charge is 2.20. The van der Waals surface area contributed by atoms with Crippen LogP contribution in [0.2, 0.25) is 0 Å². The number of hydrogen-bond donors (Lipinski definition) is 1. The van der Waals surface area contributed by atoms with Crippen molar-refractivity contribution in [3.8, 4) is 22.5 Å². The van der Waals surface area contributed by atoms with Crippen LogP contribution in [0.4, 0.5) is 5.82 Å². The molecule has 0 spiro atoms. The lowest BCUT2D eigenvalue weighted by Gasteiger charge is -2.35. The zero-order valence-corrected chi connectivity index (χ0v) is 20.6. The van der Waals surface area contributed by atoms with Crippen molar-refractivity contribution < 1.29 is 0 Å². The molecule has 2 aromatic carbocycles. The number of fused-ring (bicyclic) bond motifs is 1. The van der Waals surface area contributed by atoms with Crippen LogP contribution in [0, 0.1) is 0 Å². The molecule has 1 saturated heterocycles. The summed E-state index contributed by atoms with van der Waals surface area (Å²) in [5, 5.41) is 0. The normalized spacial score (nSPS) is 14.7. The van der Waals surface area contributed by atoms with Crippen LogP contribution < -0.4 is 10.6 Å². The lowest BCUT2D eigenvalue weighted by molar-refractivity contribution is 0.229. The average Bonchev–Trinajstić information content (AvgIpc) is 2.91. The van der Waals surface area contributed by atoms with Crippen LogP contribution in [-0.2, 0) is 6.54 Å². The Morgan fingerprint density at radius 2 is 1.46 bits per heavy atom. The maximum absolute atomic E-state index is 5.81. The molecule has 0 aliphatic carbocycles. The first-order valence-electron chi connectivity index (χ1n) is 12.3. The number of piperazine rings is 1. The number of benzene rings is 2. The van der Waals surface area contributed by atoms with Gasteiger partial charge < -0.3 is 15.5 Å². The first-order valence-corrected chi connectivity index (χ1v) is 12.3. The molecule has 35 heavy (non-hydrogen) atoms. The third-order valence-corrected chi connectivity index (χ3v) is 6.58. The van der Waals surface area contributed by atoms with Crippen molar-refractivity contribution in [3.63, 3.8) is 0 Å². The number of nitrogens with two attached hydrogens (primary N) is 1. The first-order chi connectivity index (χ1) is 17.1. The SMILES string of the molecule is CN(C)CCN1CCN(c2ccc3nc(-c4ccccc4)c(-c4ccc(CN)cc4)nc3n2)CC1. The second-order valence-corrected chi connectivity index (χ2v) is 9.33. The molecule has 0 saturated carbocycles. The van der Waals surface area contributed by atoms with E-state index >= 15 is 0 Å². The quantitative estimate of drug-likeness (QED) is 0.446. The van der Waals surface area contributed by atoms with Gasteiger partial charge in [0.15, 0.2) is 5.65 Å². The summed E-state index contributed by atoms with van der Waals surface area (Å²) in [6.45, 7) is 6.73. The Hall–Kier alpha value is -3.39. The Labute approximate surface area is 207 Å². The number of aromatic nitrogens is 3. The highest BCUT2D eigenvalue weighted by atomic mass is 15.3. The summed E-state index contributed by atoms with van der Waals surface area (Å²) >= 11 is 0. The number of likely N-dealkylation sites (N-methyl/N-ethyl adjacent to an activating group) is 1. The Morgan fingerprint density at radius 3 is 2.14 bits per heavy atom. The van der Waals surface area contributed by atoms with E-state index in [0.717, 1.165) is 78.7 Å². The molecule has 1 fully saturated rings. The standard InChI is InChI=1S/C28H33N7/c1-33(2)14-15-34-16-18-35(19-17-34)25-13-12-24-28(31-25)32-27(23-10-8-21(20-29)9-11-23)26(30-24)22-6-4-3-5-7-22/h3-13H,14-20,29H2,1-2H3. The van der Waals surface area contributed by atoms with Crippen LogP contribution >= 0.6 is 0 Å². The number of anilines is 1. The summed E-state index contributed by atoms with van der Waals surface area (Å²) in [7, 11) is 4.25. The van der Waals surface area contributed by atoms with Crippen LogP contribution in [-0.4, -0.2) is 78.1 Å². The molecular weight excluding hydrogens is 434 g/mol. The molecular formula is C28H33N7. The fourth-order valence-electron chi connectivity index (χ4n) is 4.45. The summed E-state index contributed by atoms with van der Waals surface area (Å²) in [4.78, 5) is 22.1. The molecule has 0 bridgehead atoms. The van der Waals surface area contributed by atoms with E-state index in [4.69, 9.17) is 20.7 Å². The molecule has 5 rings (SSSR count). The van der Waals surface area contributed by atoms with E-state index in [-0.39, 0.29) is 0 Å². The minimum Gasteiger partial charge on any atom is -0.354 e. The Bertz CT molecular complexity index is 1260. The van der Waals surface area contributed by atoms with E-state index in [2.05, 4.69) is 77.3 Å². The van der Waals surface area contributed by atoms with Gasteiger partial charge in [0, 0.05) is 56.9 Å². The predicted molar refractivity (Wildman–Crippen MR) is 143 cm³/mol. The summed E-state index contributed by atoms with van der Waals surface area (Å²) in [6, 6.07) is 22.6. The molecule has 0 unspecified atom stereocenters. The highest BCUT2D eigenvalue weighted by molar-refractivity contribution is 5.85. The second-order valence-electron chi connectivity index (χ2n) is 9.33. The van der Waals surface area contributed by atoms with E-state index < -0.39 is 0 Å². The number of rotatable bonds is 7. The van der Waals surface area contributed by atoms with Crippen molar-refractivity contribution >= 4 is 17.0 Å². The van der Waals surface area contributed by atoms with E-state index in [1.54, 1.807) is 0 Å². The van der Waals surface area contributed by atoms with Crippen LogP contribution in [0.1, 0.15) is 5.56 Å². The van der Waals surface area contributed by atoms with E-state index in [1.807, 2.05) is 18.2 Å². The monoisotopic (exact) mass is 467 g/mol. The first kappa shape index (κ1) is 23.4. The fourth-order valence-corrected chi connectivity index (χ4v) is 4.45. The zero-order chi connectivity index (χ0) is 24.2. The Balaban J connectivity index is 1.47. The summed E-state index contributed by atoms with van der Waals surface area (Å²) in [5.74, 6) is 0.968. The van der Waals surface area contributed by atoms with E-state index in [1.165, 1.54) is 0 Å². The van der Waals surface area contributed by atoms with Crippen molar-refractivity contribution in [1.29, 1.82) is 0 Å². The van der Waals surface area contributed by atoms with Gasteiger partial charge in [-0.25, -0.2) is 15.0 Å². The summed E-state index contributed by atoms with van der Waals surface area (Å²) in [6.07, 6.45) is 0. The largest absolute Gasteiger partial charge is 0.354 e. The Morgan fingerprint density at radius 1 is 0.771 bits per heavy atom. The minimum atomic E-state index is 0.516. The molecule has 2 aromatic heterocycles. The minimum absolute atomic E-state index is 0.516. The van der Waals surface area contributed by atoms with Gasteiger partial charge in [0.25, 0.3) is 0 Å². The highest BCUT2D eigenvalue weighted by Crippen LogP contribution is 2.31. The van der Waals surface area contributed by atoms with Gasteiger partial charge in [-0.15, -0.1) is 0 Å². The average molecular weight is 468 g/mol. The molecule has 3 heterocycles. The van der Waals surface area contributed by atoms with Crippen molar-refractivity contribution in [2.45, 2.75) is 6.54 Å². The molecule has 180 valence electrons. The number of hydrogen-bond acceptors (Lipinski definition) is 7. The van der Waals surface area contributed by atoms with E-state index in [0.29, 0.717) is 12.2 Å². The van der Waals surface area contributed by atoms with Crippen LogP contribution in [0.15, 0.2) is 66.7 Å². The van der Waals surface area contributed by atoms with Gasteiger partial charge in [-0.05, 0) is 31.8 Å². The molecule has 4 aromatic rings. The molecule has 7 nitrogen and oxygen atoms in total. The maximum atomic E-state index is 5.81. The van der Waals surface area contributed by atoms with Crippen LogP contribution in [0.25, 0.3) is 33.7 Å². The zero-order valence-electron chi connectivity index (χ0n) is 20.6. The Kier molecular flexibility index (Phi) is 6.99. The number of pyridine rings is 1. The lowest BCUT2D eigenvalue weighted by atomic mass is 10.0. The second kappa shape index (κ2) is 10.5. The molecule has 0 amide bonds. The molecule has 7 heteroatoms. The van der Waals surface area contributed by atoms with Crippen LogP contribution in [0.3, 0.4) is 0 Å². The van der Waals surface area contributed by atoms with Gasteiger partial charge in [0.05, 0.1) is 11.4 Å². The van der Waals surface area contributed by atoms with Crippen molar-refractivity contribution in [1.82, 2.24) is 24.8 Å². The van der Waals surface area contributed by atoms with Gasteiger partial charge in [0.2, 0.25) is 0 Å².